The SMILES string of the molecule is CCCCN(C)C(=O)c1cc(N2CCc3cc(OC)c(OC)cc3C2)nc(C)n1. The molecule has 0 saturated carbocycles. The molecule has 0 radical (unpaired) electrons. The lowest BCUT2D eigenvalue weighted by molar-refractivity contribution is 0.0787. The first kappa shape index (κ1) is 20.9. The minimum atomic E-state index is -0.0611. The molecule has 3 rings (SSSR count). The monoisotopic (exact) mass is 398 g/mol. The van der Waals surface area contributed by atoms with E-state index in [-0.39, 0.29) is 5.91 Å². The second-order valence-electron chi connectivity index (χ2n) is 7.39. The number of rotatable bonds is 7. The Kier molecular flexibility index (Phi) is 6.56. The molecule has 0 unspecified atom stereocenters. The van der Waals surface area contributed by atoms with Gasteiger partial charge in [0.25, 0.3) is 5.91 Å². The Hall–Kier alpha value is -2.83. The number of aromatic nitrogens is 2. The molecule has 1 aliphatic rings. The number of carbonyl (C=O) groups excluding carboxylic acids is 1. The van der Waals surface area contributed by atoms with Crippen molar-refractivity contribution in [3.8, 4) is 11.5 Å². The molecule has 0 saturated heterocycles. The Balaban J connectivity index is 1.85. The molecule has 0 N–H and O–H groups in total. The fourth-order valence-corrected chi connectivity index (χ4v) is 3.59. The van der Waals surface area contributed by atoms with Crippen LogP contribution in [-0.4, -0.2) is 55.1 Å². The Morgan fingerprint density at radius 2 is 1.83 bits per heavy atom. The fourth-order valence-electron chi connectivity index (χ4n) is 3.59. The van der Waals surface area contributed by atoms with E-state index in [9.17, 15) is 4.79 Å². The predicted molar refractivity (Wildman–Crippen MR) is 113 cm³/mol. The average molecular weight is 399 g/mol. The summed E-state index contributed by atoms with van der Waals surface area (Å²) in [7, 11) is 5.12. The van der Waals surface area contributed by atoms with E-state index in [1.807, 2.05) is 32.2 Å². The number of hydrogen-bond acceptors (Lipinski definition) is 6. The highest BCUT2D eigenvalue weighted by Crippen LogP contribution is 2.34. The summed E-state index contributed by atoms with van der Waals surface area (Å²) in [5, 5.41) is 0. The molecule has 2 aromatic rings. The van der Waals surface area contributed by atoms with Crippen molar-refractivity contribution in [2.75, 3.05) is 39.3 Å². The number of nitrogens with zero attached hydrogens (tertiary/aromatic N) is 4. The number of aryl methyl sites for hydroxylation is 1. The molecule has 1 amide bonds. The minimum Gasteiger partial charge on any atom is -0.493 e. The molecule has 0 bridgehead atoms. The molecule has 29 heavy (non-hydrogen) atoms. The standard InChI is InChI=1S/C22H30N4O3/c1-6-7-9-25(3)22(27)18-13-21(24-15(2)23-18)26-10-8-16-11-19(28-4)20(29-5)12-17(16)14-26/h11-13H,6-10,14H2,1-5H3. The summed E-state index contributed by atoms with van der Waals surface area (Å²) in [5.41, 5.74) is 2.88. The summed E-state index contributed by atoms with van der Waals surface area (Å²) in [4.78, 5) is 25.7. The van der Waals surface area contributed by atoms with Crippen LogP contribution < -0.4 is 14.4 Å². The van der Waals surface area contributed by atoms with E-state index in [1.165, 1.54) is 11.1 Å². The highest BCUT2D eigenvalue weighted by Gasteiger charge is 2.22. The second kappa shape index (κ2) is 9.11. The molecule has 1 aliphatic heterocycles. The van der Waals surface area contributed by atoms with Crippen LogP contribution >= 0.6 is 0 Å². The number of anilines is 1. The van der Waals surface area contributed by atoms with Gasteiger partial charge in [-0.1, -0.05) is 13.3 Å². The van der Waals surface area contributed by atoms with Crippen LogP contribution in [0.1, 0.15) is 47.2 Å². The van der Waals surface area contributed by atoms with Crippen LogP contribution in [0.2, 0.25) is 0 Å². The maximum atomic E-state index is 12.8. The van der Waals surface area contributed by atoms with Gasteiger partial charge in [-0.05, 0) is 43.0 Å². The van der Waals surface area contributed by atoms with E-state index in [0.717, 1.165) is 49.7 Å². The van der Waals surface area contributed by atoms with Gasteiger partial charge in [-0.25, -0.2) is 9.97 Å². The van der Waals surface area contributed by atoms with E-state index in [2.05, 4.69) is 21.8 Å². The minimum absolute atomic E-state index is 0.0611. The number of fused-ring (bicyclic) bond motifs is 1. The van der Waals surface area contributed by atoms with Crippen LogP contribution in [0.15, 0.2) is 18.2 Å². The van der Waals surface area contributed by atoms with Gasteiger partial charge in [0.15, 0.2) is 11.5 Å². The first-order chi connectivity index (χ1) is 14.0. The van der Waals surface area contributed by atoms with E-state index in [1.54, 1.807) is 19.1 Å². The summed E-state index contributed by atoms with van der Waals surface area (Å²) < 4.78 is 10.9. The summed E-state index contributed by atoms with van der Waals surface area (Å²) in [5.74, 6) is 2.80. The van der Waals surface area contributed by atoms with Crippen LogP contribution in [0.4, 0.5) is 5.82 Å². The highest BCUT2D eigenvalue weighted by atomic mass is 16.5. The van der Waals surface area contributed by atoms with Crippen molar-refractivity contribution in [1.29, 1.82) is 0 Å². The van der Waals surface area contributed by atoms with Crippen LogP contribution in [0.3, 0.4) is 0 Å². The fraction of sp³-hybridized carbons (Fsp3) is 0.500. The van der Waals surface area contributed by atoms with E-state index in [4.69, 9.17) is 9.47 Å². The van der Waals surface area contributed by atoms with Crippen molar-refractivity contribution in [3.63, 3.8) is 0 Å². The Bertz CT molecular complexity index is 885. The number of amides is 1. The van der Waals surface area contributed by atoms with Gasteiger partial charge in [0, 0.05) is 32.7 Å². The van der Waals surface area contributed by atoms with Crippen LogP contribution in [0, 0.1) is 6.92 Å². The van der Waals surface area contributed by atoms with E-state index >= 15 is 0 Å². The van der Waals surface area contributed by atoms with Crippen LogP contribution in [0.5, 0.6) is 11.5 Å². The lowest BCUT2D eigenvalue weighted by Crippen LogP contribution is -2.33. The molecule has 0 aliphatic carbocycles. The molecule has 156 valence electrons. The van der Waals surface area contributed by atoms with Crippen LogP contribution in [0.25, 0.3) is 0 Å². The molecule has 1 aromatic heterocycles. The zero-order valence-corrected chi connectivity index (χ0v) is 18.0. The van der Waals surface area contributed by atoms with Gasteiger partial charge in [-0.2, -0.15) is 0 Å². The number of ether oxygens (including phenoxy) is 2. The molecule has 7 heteroatoms. The number of benzene rings is 1. The smallest absolute Gasteiger partial charge is 0.272 e. The van der Waals surface area contributed by atoms with Crippen LogP contribution in [-0.2, 0) is 13.0 Å². The van der Waals surface area contributed by atoms with Crippen molar-refractivity contribution in [1.82, 2.24) is 14.9 Å². The molecular formula is C22H30N4O3. The third-order valence-corrected chi connectivity index (χ3v) is 5.28. The summed E-state index contributed by atoms with van der Waals surface area (Å²) >= 11 is 0. The van der Waals surface area contributed by atoms with Crippen molar-refractivity contribution in [3.05, 3.63) is 40.8 Å². The summed E-state index contributed by atoms with van der Waals surface area (Å²) in [6.07, 6.45) is 2.90. The first-order valence-corrected chi connectivity index (χ1v) is 10.1. The molecule has 0 spiro atoms. The van der Waals surface area contributed by atoms with Crippen molar-refractivity contribution in [2.24, 2.45) is 0 Å². The summed E-state index contributed by atoms with van der Waals surface area (Å²) in [6.45, 7) is 6.19. The number of hydrogen-bond donors (Lipinski definition) is 0. The van der Waals surface area contributed by atoms with Crippen molar-refractivity contribution >= 4 is 11.7 Å². The van der Waals surface area contributed by atoms with Gasteiger partial charge in [-0.15, -0.1) is 0 Å². The van der Waals surface area contributed by atoms with E-state index < -0.39 is 0 Å². The Labute approximate surface area is 172 Å². The van der Waals surface area contributed by atoms with Crippen molar-refractivity contribution in [2.45, 2.75) is 39.7 Å². The molecule has 1 aromatic carbocycles. The Morgan fingerprint density at radius 3 is 2.48 bits per heavy atom. The number of methoxy groups -OCH3 is 2. The van der Waals surface area contributed by atoms with Gasteiger partial charge >= 0.3 is 0 Å². The van der Waals surface area contributed by atoms with Gasteiger partial charge in [-0.3, -0.25) is 4.79 Å². The largest absolute Gasteiger partial charge is 0.493 e. The Morgan fingerprint density at radius 1 is 1.14 bits per heavy atom. The van der Waals surface area contributed by atoms with E-state index in [0.29, 0.717) is 18.1 Å². The molecule has 0 atom stereocenters. The maximum Gasteiger partial charge on any atom is 0.272 e. The third-order valence-electron chi connectivity index (χ3n) is 5.28. The zero-order chi connectivity index (χ0) is 21.0. The number of unbranched alkanes of at least 4 members (excludes halogenated alkanes) is 1. The highest BCUT2D eigenvalue weighted by molar-refractivity contribution is 5.92. The topological polar surface area (TPSA) is 67.8 Å². The van der Waals surface area contributed by atoms with Gasteiger partial charge < -0.3 is 19.3 Å². The van der Waals surface area contributed by atoms with Gasteiger partial charge in [0.1, 0.15) is 17.3 Å². The molecular weight excluding hydrogens is 368 g/mol. The molecule has 0 fully saturated rings. The quantitative estimate of drug-likeness (QED) is 0.713. The maximum absolute atomic E-state index is 12.8. The number of carbonyl (C=O) groups is 1. The lowest BCUT2D eigenvalue weighted by Gasteiger charge is -2.31. The average Bonchev–Trinajstić information content (AvgIpc) is 2.74. The van der Waals surface area contributed by atoms with Gasteiger partial charge in [0.05, 0.1) is 14.2 Å². The second-order valence-corrected chi connectivity index (χ2v) is 7.39. The first-order valence-electron chi connectivity index (χ1n) is 10.1. The molecule has 2 heterocycles. The van der Waals surface area contributed by atoms with Crippen molar-refractivity contribution < 1.29 is 14.3 Å². The predicted octanol–water partition coefficient (Wildman–Crippen LogP) is 3.24. The van der Waals surface area contributed by atoms with Gasteiger partial charge in [0.2, 0.25) is 0 Å². The normalized spacial score (nSPS) is 13.1. The molecule has 7 nitrogen and oxygen atoms in total. The third kappa shape index (κ3) is 4.60. The lowest BCUT2D eigenvalue weighted by atomic mass is 9.98. The zero-order valence-electron chi connectivity index (χ0n) is 18.0. The summed E-state index contributed by atoms with van der Waals surface area (Å²) in [6, 6.07) is 5.89.